The number of fused-ring (bicyclic) bond motifs is 1. The Bertz CT molecular complexity index is 395. The molecule has 0 saturated heterocycles. The highest BCUT2D eigenvalue weighted by Gasteiger charge is 2.24. The number of carbonyl (C=O) groups is 1. The summed E-state index contributed by atoms with van der Waals surface area (Å²) in [7, 11) is 0. The Morgan fingerprint density at radius 3 is 2.62 bits per heavy atom. The van der Waals surface area contributed by atoms with E-state index in [1.807, 2.05) is 38.1 Å². The van der Waals surface area contributed by atoms with Crippen LogP contribution in [0.1, 0.15) is 25.0 Å². The van der Waals surface area contributed by atoms with Crippen LogP contribution in [0.5, 0.6) is 0 Å². The molecule has 1 aromatic carbocycles. The van der Waals surface area contributed by atoms with Crippen molar-refractivity contribution in [1.82, 2.24) is 0 Å². The lowest BCUT2D eigenvalue weighted by molar-refractivity contribution is -0.112. The predicted molar refractivity (Wildman–Crippen MR) is 53.4 cm³/mol. The van der Waals surface area contributed by atoms with Crippen molar-refractivity contribution in [3.05, 3.63) is 41.0 Å². The Balaban J connectivity index is 2.67. The number of allylic oxidation sites excluding steroid dienone is 2. The van der Waals surface area contributed by atoms with Gasteiger partial charge in [0.05, 0.1) is 0 Å². The standard InChI is InChI=1S/C12H12O/c1-8(2)12-10-6-4-3-5-9(10)7-11(12)13/h3-6H,7H2,1-2H3. The van der Waals surface area contributed by atoms with Crippen molar-refractivity contribution in [2.45, 2.75) is 20.3 Å². The van der Waals surface area contributed by atoms with Crippen LogP contribution in [-0.4, -0.2) is 5.78 Å². The second kappa shape index (κ2) is 2.84. The number of hydrogen-bond donors (Lipinski definition) is 0. The van der Waals surface area contributed by atoms with Gasteiger partial charge in [-0.3, -0.25) is 4.79 Å². The molecule has 0 radical (unpaired) electrons. The molecule has 0 amide bonds. The molecule has 0 heterocycles. The van der Waals surface area contributed by atoms with E-state index in [9.17, 15) is 4.79 Å². The van der Waals surface area contributed by atoms with Crippen LogP contribution in [-0.2, 0) is 11.2 Å². The van der Waals surface area contributed by atoms with Crippen molar-refractivity contribution in [1.29, 1.82) is 0 Å². The molecular formula is C12H12O. The van der Waals surface area contributed by atoms with Crippen molar-refractivity contribution in [3.8, 4) is 0 Å². The molecular weight excluding hydrogens is 160 g/mol. The maximum absolute atomic E-state index is 11.6. The average molecular weight is 172 g/mol. The summed E-state index contributed by atoms with van der Waals surface area (Å²) in [5.74, 6) is 0.265. The molecule has 1 aliphatic rings. The number of Topliss-reactive ketones (excluding diaryl/α,β-unsaturated/α-hetero) is 1. The summed E-state index contributed by atoms with van der Waals surface area (Å²) in [6.07, 6.45) is 0.580. The quantitative estimate of drug-likeness (QED) is 0.550. The van der Waals surface area contributed by atoms with Gasteiger partial charge >= 0.3 is 0 Å². The number of hydrogen-bond acceptors (Lipinski definition) is 1. The number of ketones is 1. The lowest BCUT2D eigenvalue weighted by Crippen LogP contribution is -1.95. The molecule has 0 fully saturated rings. The lowest BCUT2D eigenvalue weighted by Gasteiger charge is -2.00. The summed E-state index contributed by atoms with van der Waals surface area (Å²) < 4.78 is 0. The highest BCUT2D eigenvalue weighted by molar-refractivity contribution is 6.26. The molecule has 13 heavy (non-hydrogen) atoms. The summed E-state index contributed by atoms with van der Waals surface area (Å²) >= 11 is 0. The highest BCUT2D eigenvalue weighted by atomic mass is 16.1. The van der Waals surface area contributed by atoms with Crippen molar-refractivity contribution in [3.63, 3.8) is 0 Å². The van der Waals surface area contributed by atoms with Gasteiger partial charge in [0.25, 0.3) is 0 Å². The van der Waals surface area contributed by atoms with Crippen LogP contribution in [0.2, 0.25) is 0 Å². The minimum Gasteiger partial charge on any atom is -0.294 e. The summed E-state index contributed by atoms with van der Waals surface area (Å²) in [5, 5.41) is 0. The van der Waals surface area contributed by atoms with Gasteiger partial charge in [-0.1, -0.05) is 29.8 Å². The van der Waals surface area contributed by atoms with Gasteiger partial charge in [0.1, 0.15) is 0 Å². The van der Waals surface area contributed by atoms with Crippen molar-refractivity contribution < 1.29 is 4.79 Å². The molecule has 0 atom stereocenters. The Morgan fingerprint density at radius 2 is 1.92 bits per heavy atom. The fourth-order valence-electron chi connectivity index (χ4n) is 1.88. The van der Waals surface area contributed by atoms with Crippen LogP contribution in [0.4, 0.5) is 0 Å². The smallest absolute Gasteiger partial charge is 0.167 e. The molecule has 1 aliphatic carbocycles. The van der Waals surface area contributed by atoms with E-state index in [4.69, 9.17) is 0 Å². The fraction of sp³-hybridized carbons (Fsp3) is 0.250. The van der Waals surface area contributed by atoms with E-state index in [-0.39, 0.29) is 5.78 Å². The van der Waals surface area contributed by atoms with E-state index in [0.29, 0.717) is 6.42 Å². The van der Waals surface area contributed by atoms with E-state index >= 15 is 0 Å². The third kappa shape index (κ3) is 1.21. The average Bonchev–Trinajstić information content (AvgIpc) is 2.39. The maximum Gasteiger partial charge on any atom is 0.167 e. The van der Waals surface area contributed by atoms with E-state index in [1.165, 1.54) is 5.56 Å². The third-order valence-electron chi connectivity index (χ3n) is 2.42. The zero-order valence-corrected chi connectivity index (χ0v) is 7.92. The van der Waals surface area contributed by atoms with Crippen LogP contribution in [0.3, 0.4) is 0 Å². The van der Waals surface area contributed by atoms with Crippen LogP contribution >= 0.6 is 0 Å². The Labute approximate surface area is 78.1 Å². The first-order valence-electron chi connectivity index (χ1n) is 4.49. The minimum absolute atomic E-state index is 0.265. The first kappa shape index (κ1) is 8.24. The summed E-state index contributed by atoms with van der Waals surface area (Å²) in [5.41, 5.74) is 4.35. The summed E-state index contributed by atoms with van der Waals surface area (Å²) in [6, 6.07) is 8.03. The molecule has 1 nitrogen and oxygen atoms in total. The van der Waals surface area contributed by atoms with Crippen molar-refractivity contribution in [2.24, 2.45) is 0 Å². The van der Waals surface area contributed by atoms with Crippen molar-refractivity contribution >= 4 is 11.4 Å². The monoisotopic (exact) mass is 172 g/mol. The Hall–Kier alpha value is -1.37. The largest absolute Gasteiger partial charge is 0.294 e. The molecule has 0 spiro atoms. The van der Waals surface area contributed by atoms with Gasteiger partial charge in [-0.25, -0.2) is 0 Å². The van der Waals surface area contributed by atoms with E-state index in [1.54, 1.807) is 0 Å². The molecule has 66 valence electrons. The molecule has 0 bridgehead atoms. The van der Waals surface area contributed by atoms with Crippen LogP contribution in [0.25, 0.3) is 5.57 Å². The van der Waals surface area contributed by atoms with Gasteiger partial charge < -0.3 is 0 Å². The normalized spacial score (nSPS) is 14.6. The molecule has 0 unspecified atom stereocenters. The topological polar surface area (TPSA) is 17.1 Å². The van der Waals surface area contributed by atoms with E-state index in [2.05, 4.69) is 0 Å². The SMILES string of the molecule is CC(C)=C1C(=O)Cc2ccccc21. The maximum atomic E-state index is 11.6. The molecule has 2 rings (SSSR count). The molecule has 0 saturated carbocycles. The van der Waals surface area contributed by atoms with Gasteiger partial charge in [-0.05, 0) is 25.0 Å². The summed E-state index contributed by atoms with van der Waals surface area (Å²) in [4.78, 5) is 11.6. The van der Waals surface area contributed by atoms with Gasteiger partial charge in [0, 0.05) is 12.0 Å². The molecule has 1 aromatic rings. The van der Waals surface area contributed by atoms with E-state index < -0.39 is 0 Å². The van der Waals surface area contributed by atoms with Crippen LogP contribution in [0.15, 0.2) is 29.8 Å². The van der Waals surface area contributed by atoms with Crippen LogP contribution < -0.4 is 0 Å². The van der Waals surface area contributed by atoms with Crippen LogP contribution in [0, 0.1) is 0 Å². The van der Waals surface area contributed by atoms with Gasteiger partial charge in [-0.15, -0.1) is 0 Å². The highest BCUT2D eigenvalue weighted by Crippen LogP contribution is 2.31. The van der Waals surface area contributed by atoms with Crippen molar-refractivity contribution in [2.75, 3.05) is 0 Å². The third-order valence-corrected chi connectivity index (χ3v) is 2.42. The zero-order valence-electron chi connectivity index (χ0n) is 7.92. The number of carbonyl (C=O) groups excluding carboxylic acids is 1. The molecule has 0 aromatic heterocycles. The zero-order chi connectivity index (χ0) is 9.42. The molecule has 0 aliphatic heterocycles. The first-order chi connectivity index (χ1) is 6.20. The van der Waals surface area contributed by atoms with E-state index in [0.717, 1.165) is 16.7 Å². The predicted octanol–water partition coefficient (Wildman–Crippen LogP) is 2.61. The van der Waals surface area contributed by atoms with Gasteiger partial charge in [0.15, 0.2) is 5.78 Å². The molecule has 0 N–H and O–H groups in total. The number of rotatable bonds is 0. The Kier molecular flexibility index (Phi) is 1.80. The van der Waals surface area contributed by atoms with Gasteiger partial charge in [-0.2, -0.15) is 0 Å². The molecule has 1 heteroatoms. The first-order valence-corrected chi connectivity index (χ1v) is 4.49. The fourth-order valence-corrected chi connectivity index (χ4v) is 1.88. The van der Waals surface area contributed by atoms with Gasteiger partial charge in [0.2, 0.25) is 0 Å². The minimum atomic E-state index is 0.265. The Morgan fingerprint density at radius 1 is 1.23 bits per heavy atom. The number of benzene rings is 1. The second-order valence-electron chi connectivity index (χ2n) is 3.63. The lowest BCUT2D eigenvalue weighted by atomic mass is 10.0. The summed E-state index contributed by atoms with van der Waals surface area (Å²) in [6.45, 7) is 3.99. The second-order valence-corrected chi connectivity index (χ2v) is 3.63.